The summed E-state index contributed by atoms with van der Waals surface area (Å²) in [5.74, 6) is 0.604. The first-order chi connectivity index (χ1) is 8.71. The van der Waals surface area contributed by atoms with Gasteiger partial charge in [-0.1, -0.05) is 39.8 Å². The van der Waals surface area contributed by atoms with E-state index in [1.807, 2.05) is 0 Å². The maximum atomic E-state index is 12.5. The highest BCUT2D eigenvalue weighted by molar-refractivity contribution is 5.27. The van der Waals surface area contributed by atoms with Crippen molar-refractivity contribution in [2.24, 2.45) is 5.92 Å². The average Bonchev–Trinajstić information content (AvgIpc) is 2.34. The number of hydrogen-bond acceptors (Lipinski definition) is 1. The van der Waals surface area contributed by atoms with Crippen molar-refractivity contribution < 1.29 is 13.2 Å². The van der Waals surface area contributed by atoms with Gasteiger partial charge in [-0.15, -0.1) is 0 Å². The molecule has 0 aromatic heterocycles. The van der Waals surface area contributed by atoms with Crippen LogP contribution in [-0.2, 0) is 6.18 Å². The van der Waals surface area contributed by atoms with Gasteiger partial charge in [0.05, 0.1) is 5.56 Å². The molecule has 0 spiro atoms. The van der Waals surface area contributed by atoms with Crippen LogP contribution in [0, 0.1) is 5.92 Å². The van der Waals surface area contributed by atoms with Crippen LogP contribution in [0.1, 0.15) is 44.7 Å². The van der Waals surface area contributed by atoms with Gasteiger partial charge in [0.15, 0.2) is 0 Å². The molecular formula is C15H22F3N. The van der Waals surface area contributed by atoms with Gasteiger partial charge in [0.1, 0.15) is 0 Å². The lowest BCUT2D eigenvalue weighted by Gasteiger charge is -2.22. The van der Waals surface area contributed by atoms with Crippen LogP contribution in [0.2, 0.25) is 0 Å². The fourth-order valence-corrected chi connectivity index (χ4v) is 1.90. The number of alkyl halides is 3. The van der Waals surface area contributed by atoms with Crippen molar-refractivity contribution in [2.45, 2.75) is 45.8 Å². The molecule has 0 heterocycles. The lowest BCUT2D eigenvalue weighted by atomic mass is 9.88. The van der Waals surface area contributed by atoms with Crippen molar-refractivity contribution in [3.05, 3.63) is 35.4 Å². The minimum atomic E-state index is -4.26. The van der Waals surface area contributed by atoms with Crippen molar-refractivity contribution in [1.29, 1.82) is 0 Å². The Morgan fingerprint density at radius 1 is 1.00 bits per heavy atom. The Labute approximate surface area is 113 Å². The molecule has 108 valence electrons. The van der Waals surface area contributed by atoms with E-state index in [9.17, 15) is 13.2 Å². The van der Waals surface area contributed by atoms with Crippen LogP contribution in [-0.4, -0.2) is 12.6 Å². The number of benzene rings is 1. The largest absolute Gasteiger partial charge is 0.416 e. The highest BCUT2D eigenvalue weighted by atomic mass is 19.4. The molecule has 0 aliphatic heterocycles. The molecule has 0 aliphatic rings. The third-order valence-electron chi connectivity index (χ3n) is 3.47. The predicted molar refractivity (Wildman–Crippen MR) is 72.2 cm³/mol. The Hall–Kier alpha value is -1.03. The molecule has 1 nitrogen and oxygen atoms in total. The molecule has 0 saturated heterocycles. The van der Waals surface area contributed by atoms with Crippen LogP contribution in [0.4, 0.5) is 13.2 Å². The summed E-state index contributed by atoms with van der Waals surface area (Å²) in [5.41, 5.74) is 0.363. The zero-order valence-electron chi connectivity index (χ0n) is 11.9. The van der Waals surface area contributed by atoms with Gasteiger partial charge < -0.3 is 5.32 Å². The first-order valence-electron chi connectivity index (χ1n) is 6.62. The Morgan fingerprint density at radius 2 is 1.53 bits per heavy atom. The van der Waals surface area contributed by atoms with Crippen LogP contribution in [0.15, 0.2) is 24.3 Å². The molecule has 0 radical (unpaired) electrons. The molecule has 1 N–H and O–H groups in total. The summed E-state index contributed by atoms with van der Waals surface area (Å²) in [7, 11) is 0. The van der Waals surface area contributed by atoms with Gasteiger partial charge in [0.25, 0.3) is 0 Å². The quantitative estimate of drug-likeness (QED) is 0.836. The summed E-state index contributed by atoms with van der Waals surface area (Å²) >= 11 is 0. The summed E-state index contributed by atoms with van der Waals surface area (Å²) in [4.78, 5) is 0. The second-order valence-corrected chi connectivity index (χ2v) is 5.45. The monoisotopic (exact) mass is 273 g/mol. The first kappa shape index (κ1) is 16.0. The van der Waals surface area contributed by atoms with E-state index < -0.39 is 11.7 Å². The van der Waals surface area contributed by atoms with Crippen LogP contribution in [0.3, 0.4) is 0 Å². The number of nitrogens with one attached hydrogen (secondary N) is 1. The third-order valence-corrected chi connectivity index (χ3v) is 3.47. The smallest absolute Gasteiger partial charge is 0.314 e. The molecule has 0 fully saturated rings. The van der Waals surface area contributed by atoms with E-state index in [2.05, 4.69) is 33.0 Å². The molecular weight excluding hydrogens is 251 g/mol. The molecule has 19 heavy (non-hydrogen) atoms. The van der Waals surface area contributed by atoms with Gasteiger partial charge in [-0.3, -0.25) is 0 Å². The van der Waals surface area contributed by atoms with E-state index in [0.717, 1.165) is 24.2 Å². The van der Waals surface area contributed by atoms with Crippen LogP contribution < -0.4 is 5.32 Å². The van der Waals surface area contributed by atoms with Crippen molar-refractivity contribution in [3.8, 4) is 0 Å². The molecule has 0 amide bonds. The summed E-state index contributed by atoms with van der Waals surface area (Å²) in [6.45, 7) is 9.18. The van der Waals surface area contributed by atoms with E-state index >= 15 is 0 Å². The topological polar surface area (TPSA) is 12.0 Å². The molecule has 4 heteroatoms. The fourth-order valence-electron chi connectivity index (χ4n) is 1.90. The second-order valence-electron chi connectivity index (χ2n) is 5.45. The molecule has 0 aliphatic carbocycles. The number of hydrogen-bond donors (Lipinski definition) is 1. The maximum absolute atomic E-state index is 12.5. The zero-order valence-corrected chi connectivity index (χ0v) is 11.9. The van der Waals surface area contributed by atoms with Crippen LogP contribution >= 0.6 is 0 Å². The summed E-state index contributed by atoms with van der Waals surface area (Å²) in [5, 5.41) is 3.35. The molecule has 2 atom stereocenters. The van der Waals surface area contributed by atoms with Crippen LogP contribution in [0.25, 0.3) is 0 Å². The van der Waals surface area contributed by atoms with Gasteiger partial charge >= 0.3 is 6.18 Å². The van der Waals surface area contributed by atoms with E-state index in [1.165, 1.54) is 0 Å². The number of rotatable bonds is 5. The zero-order chi connectivity index (χ0) is 14.6. The molecule has 0 bridgehead atoms. The summed E-state index contributed by atoms with van der Waals surface area (Å²) < 4.78 is 37.4. The molecule has 1 aromatic rings. The van der Waals surface area contributed by atoms with Crippen molar-refractivity contribution in [1.82, 2.24) is 5.32 Å². The van der Waals surface area contributed by atoms with Crippen LogP contribution in [0.5, 0.6) is 0 Å². The lowest BCUT2D eigenvalue weighted by Crippen LogP contribution is -2.29. The van der Waals surface area contributed by atoms with E-state index in [0.29, 0.717) is 12.0 Å². The van der Waals surface area contributed by atoms with E-state index in [4.69, 9.17) is 0 Å². The Bertz CT molecular complexity index is 381. The molecule has 0 saturated carbocycles. The predicted octanol–water partition coefficient (Wildman–Crippen LogP) is 4.44. The minimum absolute atomic E-state index is 0.230. The van der Waals surface area contributed by atoms with Gasteiger partial charge in [-0.25, -0.2) is 0 Å². The Kier molecular flexibility index (Phi) is 5.41. The average molecular weight is 273 g/mol. The van der Waals surface area contributed by atoms with Gasteiger partial charge in [-0.2, -0.15) is 13.2 Å². The standard InChI is InChI=1S/C15H22F3N/c1-10(2)19-9-11(3)12(4)13-5-7-14(8-6-13)15(16,17)18/h5-8,10-12,19H,9H2,1-4H3. The summed E-state index contributed by atoms with van der Waals surface area (Å²) in [6.07, 6.45) is -4.26. The second kappa shape index (κ2) is 6.42. The number of halogens is 3. The van der Waals surface area contributed by atoms with Gasteiger partial charge in [0, 0.05) is 6.04 Å². The van der Waals surface area contributed by atoms with E-state index in [-0.39, 0.29) is 5.92 Å². The lowest BCUT2D eigenvalue weighted by molar-refractivity contribution is -0.137. The Balaban J connectivity index is 2.69. The van der Waals surface area contributed by atoms with Crippen molar-refractivity contribution >= 4 is 0 Å². The Morgan fingerprint density at radius 3 is 1.95 bits per heavy atom. The normalized spacial score (nSPS) is 15.6. The van der Waals surface area contributed by atoms with Gasteiger partial charge in [0.2, 0.25) is 0 Å². The first-order valence-corrected chi connectivity index (χ1v) is 6.62. The van der Waals surface area contributed by atoms with Crippen molar-refractivity contribution in [3.63, 3.8) is 0 Å². The highest BCUT2D eigenvalue weighted by Gasteiger charge is 2.30. The molecule has 1 rings (SSSR count). The summed E-state index contributed by atoms with van der Waals surface area (Å²) in [6, 6.07) is 5.91. The molecule has 2 unspecified atom stereocenters. The van der Waals surface area contributed by atoms with Crippen molar-refractivity contribution in [2.75, 3.05) is 6.54 Å². The fraction of sp³-hybridized carbons (Fsp3) is 0.600. The molecule has 1 aromatic carbocycles. The minimum Gasteiger partial charge on any atom is -0.314 e. The maximum Gasteiger partial charge on any atom is 0.416 e. The SMILES string of the molecule is CC(C)NCC(C)C(C)c1ccc(C(F)(F)F)cc1. The third kappa shape index (κ3) is 4.86. The van der Waals surface area contributed by atoms with Gasteiger partial charge in [-0.05, 0) is 36.1 Å². The highest BCUT2D eigenvalue weighted by Crippen LogP contribution is 2.31. The van der Waals surface area contributed by atoms with E-state index in [1.54, 1.807) is 12.1 Å².